The van der Waals surface area contributed by atoms with Gasteiger partial charge in [0.2, 0.25) is 23.6 Å². The molecule has 0 saturated carbocycles. The number of carbonyl (C=O) groups excluding carboxylic acids is 2. The topological polar surface area (TPSA) is 186 Å². The van der Waals surface area contributed by atoms with Gasteiger partial charge >= 0.3 is 6.18 Å². The summed E-state index contributed by atoms with van der Waals surface area (Å²) in [6.45, 7) is 10.7. The van der Waals surface area contributed by atoms with Crippen LogP contribution in [0.15, 0.2) is 86.6 Å². The number of fused-ring (bicyclic) bond motifs is 2. The summed E-state index contributed by atoms with van der Waals surface area (Å²) in [5.41, 5.74) is 2.27. The van der Waals surface area contributed by atoms with Gasteiger partial charge in [0.15, 0.2) is 11.6 Å². The first-order valence-electron chi connectivity index (χ1n) is 18.4. The van der Waals surface area contributed by atoms with E-state index in [2.05, 4.69) is 48.7 Å². The van der Waals surface area contributed by atoms with Gasteiger partial charge in [-0.1, -0.05) is 13.2 Å². The molecule has 19 heteroatoms. The lowest BCUT2D eigenvalue weighted by Crippen LogP contribution is -2.29. The standard InChI is InChI=1S/C40H35F3N12O4/c1-4-33(56)54-12-9-24(18-54)58-31-7-6-27-36(52-31)38(47-20-45-27)51-30-15-22(3)14-28(49-30)26-17-32(59-25-10-13-55(19-25)34(57)5-2)53-37-35(26)46-21-48-39(37)50-29-16-23(8-11-44-29)40(41,42)43/h4-8,11,14-17,20-21,24-25H,1-2,9-10,12-13,18-19H2,3H3,(H,44,46,48,50)(H,45,47,49,51)/t24-,25-/m0/s1. The molecule has 0 bridgehead atoms. The van der Waals surface area contributed by atoms with Gasteiger partial charge in [0.25, 0.3) is 0 Å². The molecular weight excluding hydrogens is 770 g/mol. The Morgan fingerprint density at radius 3 is 2.08 bits per heavy atom. The number of hydrogen-bond donors (Lipinski definition) is 2. The molecule has 8 rings (SSSR count). The van der Waals surface area contributed by atoms with Crippen LogP contribution in [0, 0.1) is 6.92 Å². The molecule has 16 nitrogen and oxygen atoms in total. The lowest BCUT2D eigenvalue weighted by atomic mass is 10.1. The molecule has 2 aliphatic rings. The molecule has 2 amide bonds. The Morgan fingerprint density at radius 2 is 1.39 bits per heavy atom. The normalized spacial score (nSPS) is 16.6. The third kappa shape index (κ3) is 8.39. The number of likely N-dealkylation sites (tertiary alicyclic amines) is 2. The van der Waals surface area contributed by atoms with Gasteiger partial charge in [-0.25, -0.2) is 39.9 Å². The fourth-order valence-electron chi connectivity index (χ4n) is 6.88. The number of aromatic nitrogens is 8. The molecular formula is C40H35F3N12O4. The number of hydrogen-bond acceptors (Lipinski definition) is 14. The van der Waals surface area contributed by atoms with Crippen molar-refractivity contribution < 1.29 is 32.2 Å². The van der Waals surface area contributed by atoms with Crippen LogP contribution in [0.25, 0.3) is 33.3 Å². The fourth-order valence-corrected chi connectivity index (χ4v) is 6.88. The first-order valence-corrected chi connectivity index (χ1v) is 18.4. The highest BCUT2D eigenvalue weighted by Crippen LogP contribution is 2.36. The predicted octanol–water partition coefficient (Wildman–Crippen LogP) is 5.97. The Balaban J connectivity index is 1.15. The van der Waals surface area contributed by atoms with Crippen molar-refractivity contribution in [2.75, 3.05) is 36.8 Å². The summed E-state index contributed by atoms with van der Waals surface area (Å²) in [6, 6.07) is 10.5. The number of anilines is 4. The van der Waals surface area contributed by atoms with E-state index in [9.17, 15) is 22.8 Å². The second-order valence-electron chi connectivity index (χ2n) is 13.8. The van der Waals surface area contributed by atoms with Crippen LogP contribution in [0.4, 0.5) is 36.4 Å². The van der Waals surface area contributed by atoms with Crippen LogP contribution in [0.3, 0.4) is 0 Å². The van der Waals surface area contributed by atoms with E-state index in [0.29, 0.717) is 84.3 Å². The minimum atomic E-state index is -4.60. The third-order valence-corrected chi connectivity index (χ3v) is 9.69. The number of aryl methyl sites for hydroxylation is 1. The highest BCUT2D eigenvalue weighted by Gasteiger charge is 2.31. The van der Waals surface area contributed by atoms with Gasteiger partial charge in [-0.05, 0) is 55.0 Å². The smallest absolute Gasteiger partial charge is 0.416 e. The van der Waals surface area contributed by atoms with Crippen molar-refractivity contribution in [1.82, 2.24) is 49.7 Å². The molecule has 2 saturated heterocycles. The second-order valence-corrected chi connectivity index (χ2v) is 13.8. The Kier molecular flexibility index (Phi) is 10.4. The van der Waals surface area contributed by atoms with Gasteiger partial charge in [0.1, 0.15) is 53.0 Å². The molecule has 300 valence electrons. The third-order valence-electron chi connectivity index (χ3n) is 9.69. The van der Waals surface area contributed by atoms with E-state index < -0.39 is 17.8 Å². The molecule has 8 heterocycles. The van der Waals surface area contributed by atoms with E-state index in [1.165, 1.54) is 24.8 Å². The SMILES string of the molecule is C=CC(=O)N1CC[C@H](Oc2ccc3ncnc(Nc4cc(C)cc(-c5cc(O[C@H]6CCN(C(=O)C=C)C6)nc6c(Nc7cc(C(F)(F)F)ccn7)ncnc56)n4)c3n2)C1. The average Bonchev–Trinajstić information content (AvgIpc) is 3.90. The van der Waals surface area contributed by atoms with Gasteiger partial charge in [0, 0.05) is 49.8 Å². The van der Waals surface area contributed by atoms with E-state index in [0.717, 1.165) is 23.9 Å². The van der Waals surface area contributed by atoms with Crippen LogP contribution in [0.1, 0.15) is 24.0 Å². The monoisotopic (exact) mass is 804 g/mol. The Hall–Kier alpha value is -7.31. The molecule has 2 N–H and O–H groups in total. The average molecular weight is 805 g/mol. The molecule has 59 heavy (non-hydrogen) atoms. The number of carbonyl (C=O) groups is 2. The zero-order valence-corrected chi connectivity index (χ0v) is 31.5. The van der Waals surface area contributed by atoms with Crippen molar-refractivity contribution in [2.45, 2.75) is 38.1 Å². The highest BCUT2D eigenvalue weighted by atomic mass is 19.4. The van der Waals surface area contributed by atoms with Crippen LogP contribution in [0.2, 0.25) is 0 Å². The van der Waals surface area contributed by atoms with Crippen molar-refractivity contribution in [1.29, 1.82) is 0 Å². The van der Waals surface area contributed by atoms with Crippen molar-refractivity contribution in [3.05, 3.63) is 97.8 Å². The number of ether oxygens (including phenoxy) is 2. The van der Waals surface area contributed by atoms with Crippen molar-refractivity contribution >= 4 is 57.2 Å². The summed E-state index contributed by atoms with van der Waals surface area (Å²) in [5, 5.41) is 6.14. The number of amides is 2. The number of pyridine rings is 4. The summed E-state index contributed by atoms with van der Waals surface area (Å²) >= 11 is 0. The van der Waals surface area contributed by atoms with E-state index >= 15 is 0 Å². The summed E-state index contributed by atoms with van der Waals surface area (Å²) in [5.74, 6) is 0.810. The largest absolute Gasteiger partial charge is 0.472 e. The van der Waals surface area contributed by atoms with Gasteiger partial charge in [0.05, 0.1) is 29.9 Å². The number of nitrogens with one attached hydrogen (secondary N) is 2. The lowest BCUT2D eigenvalue weighted by molar-refractivity contribution is -0.137. The molecule has 0 aliphatic carbocycles. The predicted molar refractivity (Wildman–Crippen MR) is 210 cm³/mol. The van der Waals surface area contributed by atoms with E-state index in [4.69, 9.17) is 24.4 Å². The maximum absolute atomic E-state index is 13.6. The summed E-state index contributed by atoms with van der Waals surface area (Å²) in [4.78, 5) is 63.8. The first-order chi connectivity index (χ1) is 28.4. The van der Waals surface area contributed by atoms with Crippen LogP contribution in [-0.4, -0.2) is 99.9 Å². The fraction of sp³-hybridized carbons (Fsp3) is 0.250. The maximum atomic E-state index is 13.6. The molecule has 2 aliphatic heterocycles. The number of alkyl halides is 3. The van der Waals surface area contributed by atoms with Gasteiger partial charge in [-0.2, -0.15) is 13.2 Å². The van der Waals surface area contributed by atoms with E-state index in [-0.39, 0.29) is 41.0 Å². The summed E-state index contributed by atoms with van der Waals surface area (Å²) < 4.78 is 53.2. The van der Waals surface area contributed by atoms with Crippen molar-refractivity contribution in [2.24, 2.45) is 0 Å². The van der Waals surface area contributed by atoms with Gasteiger partial charge < -0.3 is 29.9 Å². The summed E-state index contributed by atoms with van der Waals surface area (Å²) in [7, 11) is 0. The molecule has 2 atom stereocenters. The first kappa shape index (κ1) is 38.6. The molecule has 6 aromatic heterocycles. The molecule has 0 unspecified atom stereocenters. The van der Waals surface area contributed by atoms with Crippen LogP contribution < -0.4 is 20.1 Å². The van der Waals surface area contributed by atoms with Crippen LogP contribution in [0.5, 0.6) is 11.8 Å². The van der Waals surface area contributed by atoms with E-state index in [1.54, 1.807) is 28.0 Å². The summed E-state index contributed by atoms with van der Waals surface area (Å²) in [6.07, 6.45) is 2.13. The molecule has 0 spiro atoms. The molecule has 6 aromatic rings. The van der Waals surface area contributed by atoms with Crippen LogP contribution >= 0.6 is 0 Å². The minimum Gasteiger partial charge on any atom is -0.472 e. The number of rotatable bonds is 11. The minimum absolute atomic E-state index is 0.0728. The Labute approximate surface area is 334 Å². The maximum Gasteiger partial charge on any atom is 0.416 e. The van der Waals surface area contributed by atoms with Crippen LogP contribution in [-0.2, 0) is 15.8 Å². The highest BCUT2D eigenvalue weighted by molar-refractivity contribution is 5.97. The zero-order chi connectivity index (χ0) is 41.3. The van der Waals surface area contributed by atoms with E-state index in [1.807, 2.05) is 19.1 Å². The Morgan fingerprint density at radius 1 is 0.746 bits per heavy atom. The van der Waals surface area contributed by atoms with Crippen molar-refractivity contribution in [3.63, 3.8) is 0 Å². The van der Waals surface area contributed by atoms with Crippen molar-refractivity contribution in [3.8, 4) is 23.0 Å². The van der Waals surface area contributed by atoms with Gasteiger partial charge in [-0.15, -0.1) is 0 Å². The molecule has 0 radical (unpaired) electrons. The zero-order valence-electron chi connectivity index (χ0n) is 31.5. The lowest BCUT2D eigenvalue weighted by Gasteiger charge is -2.17. The molecule has 0 aromatic carbocycles. The second kappa shape index (κ2) is 15.9. The number of halogens is 3. The Bertz CT molecular complexity index is 2630. The molecule has 2 fully saturated rings. The quantitative estimate of drug-likeness (QED) is 0.146. The van der Waals surface area contributed by atoms with Gasteiger partial charge in [-0.3, -0.25) is 9.59 Å². The number of nitrogens with zero attached hydrogens (tertiary/aromatic N) is 10.